The van der Waals surface area contributed by atoms with Crippen LogP contribution in [0.1, 0.15) is 45.2 Å². The first-order chi connectivity index (χ1) is 15.0. The van der Waals surface area contributed by atoms with Crippen LogP contribution in [0, 0.1) is 5.41 Å². The lowest BCUT2D eigenvalue weighted by Crippen LogP contribution is -2.75. The molecule has 0 spiro atoms. The van der Waals surface area contributed by atoms with E-state index in [0.717, 1.165) is 0 Å². The molecule has 1 aromatic carbocycles. The maximum Gasteiger partial charge on any atom is 0.352 e. The SMILES string of the molecule is CCC(=N)NCC(=O)NC(C(=O)N[C@@]1(C(=O)O)N2C(=O)C[C@H]2SC1(C)C)c1ccccc1. The second-order valence-corrected chi connectivity index (χ2v) is 9.95. The number of hydrogen-bond donors (Lipinski definition) is 5. The first kappa shape index (κ1) is 23.6. The standard InChI is InChI=1S/C21H27N5O5S/c1-4-13(22)23-11-14(27)24-17(12-8-6-5-7-9-12)18(29)25-21(19(30)31)20(2,3)32-16-10-15(28)26(16)21/h5-9,16-17H,4,10-11H2,1-3H3,(H2,22,23)(H,24,27)(H,25,29)(H,30,31)/t16-,17?,21+/m1/s1. The minimum Gasteiger partial charge on any atom is -0.478 e. The molecule has 0 aliphatic carbocycles. The molecular formula is C21H27N5O5S. The minimum absolute atomic E-state index is 0.178. The summed E-state index contributed by atoms with van der Waals surface area (Å²) in [7, 11) is 0. The number of benzene rings is 1. The molecule has 2 heterocycles. The topological polar surface area (TPSA) is 152 Å². The third-order valence-electron chi connectivity index (χ3n) is 5.70. The van der Waals surface area contributed by atoms with Crippen molar-refractivity contribution in [3.8, 4) is 0 Å². The molecule has 11 heteroatoms. The number of rotatable bonds is 8. The number of amides is 3. The summed E-state index contributed by atoms with van der Waals surface area (Å²) in [5.74, 6) is -2.78. The molecule has 2 aliphatic rings. The van der Waals surface area contributed by atoms with E-state index in [-0.39, 0.29) is 30.1 Å². The predicted octanol–water partition coefficient (Wildman–Crippen LogP) is 0.802. The summed E-state index contributed by atoms with van der Waals surface area (Å²) in [6, 6.07) is 7.25. The lowest BCUT2D eigenvalue weighted by molar-refractivity contribution is -0.173. The number of nitrogens with one attached hydrogen (secondary N) is 4. The van der Waals surface area contributed by atoms with Crippen LogP contribution in [0.25, 0.3) is 0 Å². The number of carboxylic acids is 1. The summed E-state index contributed by atoms with van der Waals surface area (Å²) in [6.07, 6.45) is 0.641. The van der Waals surface area contributed by atoms with Gasteiger partial charge in [0, 0.05) is 6.42 Å². The Bertz CT molecular complexity index is 953. The van der Waals surface area contributed by atoms with E-state index in [4.69, 9.17) is 5.41 Å². The largest absolute Gasteiger partial charge is 0.478 e. The molecule has 5 N–H and O–H groups in total. The van der Waals surface area contributed by atoms with Gasteiger partial charge in [0.25, 0.3) is 0 Å². The number of thioether (sulfide) groups is 1. The van der Waals surface area contributed by atoms with Crippen LogP contribution in [0.3, 0.4) is 0 Å². The Hall–Kier alpha value is -3.08. The van der Waals surface area contributed by atoms with Gasteiger partial charge in [0.15, 0.2) is 0 Å². The highest BCUT2D eigenvalue weighted by molar-refractivity contribution is 8.01. The number of nitrogens with zero attached hydrogens (tertiary/aromatic N) is 1. The first-order valence-corrected chi connectivity index (χ1v) is 11.1. The van der Waals surface area contributed by atoms with Gasteiger partial charge >= 0.3 is 5.97 Å². The molecule has 0 radical (unpaired) electrons. The molecule has 3 rings (SSSR count). The quantitative estimate of drug-likeness (QED) is 0.218. The molecule has 10 nitrogen and oxygen atoms in total. The highest BCUT2D eigenvalue weighted by Crippen LogP contribution is 2.55. The second-order valence-electron chi connectivity index (χ2n) is 8.15. The Balaban J connectivity index is 1.89. The van der Waals surface area contributed by atoms with Crippen molar-refractivity contribution in [1.29, 1.82) is 5.41 Å². The molecule has 3 atom stereocenters. The Morgan fingerprint density at radius 2 is 1.94 bits per heavy atom. The molecular weight excluding hydrogens is 434 g/mol. The van der Waals surface area contributed by atoms with Crippen molar-refractivity contribution in [2.75, 3.05) is 6.54 Å². The van der Waals surface area contributed by atoms with Gasteiger partial charge in [0.2, 0.25) is 23.4 Å². The van der Waals surface area contributed by atoms with Crippen LogP contribution < -0.4 is 16.0 Å². The number of amidine groups is 1. The van der Waals surface area contributed by atoms with Crippen LogP contribution in [-0.2, 0) is 19.2 Å². The van der Waals surface area contributed by atoms with E-state index >= 15 is 0 Å². The van der Waals surface area contributed by atoms with Crippen molar-refractivity contribution < 1.29 is 24.3 Å². The maximum atomic E-state index is 13.4. The van der Waals surface area contributed by atoms with E-state index in [1.54, 1.807) is 51.1 Å². The Kier molecular flexibility index (Phi) is 6.49. The lowest BCUT2D eigenvalue weighted by atomic mass is 9.89. The summed E-state index contributed by atoms with van der Waals surface area (Å²) in [5, 5.41) is 25.3. The fourth-order valence-electron chi connectivity index (χ4n) is 3.95. The zero-order valence-corrected chi connectivity index (χ0v) is 18.9. The van der Waals surface area contributed by atoms with E-state index in [1.807, 2.05) is 0 Å². The molecule has 1 aromatic rings. The smallest absolute Gasteiger partial charge is 0.352 e. The van der Waals surface area contributed by atoms with Crippen LogP contribution in [-0.4, -0.2) is 61.9 Å². The highest BCUT2D eigenvalue weighted by atomic mass is 32.2. The summed E-state index contributed by atoms with van der Waals surface area (Å²) in [4.78, 5) is 51.9. The fraction of sp³-hybridized carbons (Fsp3) is 0.476. The Morgan fingerprint density at radius 1 is 1.28 bits per heavy atom. The predicted molar refractivity (Wildman–Crippen MR) is 119 cm³/mol. The van der Waals surface area contributed by atoms with Gasteiger partial charge in [-0.25, -0.2) is 4.79 Å². The average Bonchev–Trinajstić information content (AvgIpc) is 2.93. The van der Waals surface area contributed by atoms with Gasteiger partial charge < -0.3 is 21.1 Å². The van der Waals surface area contributed by atoms with Gasteiger partial charge in [0.05, 0.1) is 28.9 Å². The van der Waals surface area contributed by atoms with Gasteiger partial charge in [0.1, 0.15) is 6.04 Å². The van der Waals surface area contributed by atoms with Crippen molar-refractivity contribution in [1.82, 2.24) is 20.9 Å². The summed E-state index contributed by atoms with van der Waals surface area (Å²) >= 11 is 1.32. The Morgan fingerprint density at radius 3 is 2.50 bits per heavy atom. The molecule has 172 valence electrons. The number of β-lactam (4-membered cyclic amide) rings is 1. The first-order valence-electron chi connectivity index (χ1n) is 10.2. The fourth-order valence-corrected chi connectivity index (χ4v) is 5.64. The number of aliphatic carboxylic acids is 1. The van der Waals surface area contributed by atoms with Crippen LogP contribution in [0.2, 0.25) is 0 Å². The number of carbonyl (C=O) groups excluding carboxylic acids is 3. The van der Waals surface area contributed by atoms with E-state index in [0.29, 0.717) is 12.0 Å². The molecule has 0 aromatic heterocycles. The van der Waals surface area contributed by atoms with Gasteiger partial charge in [-0.1, -0.05) is 37.3 Å². The summed E-state index contributed by atoms with van der Waals surface area (Å²) < 4.78 is -1.01. The molecule has 2 saturated heterocycles. The molecule has 3 amide bonds. The van der Waals surface area contributed by atoms with Crippen LogP contribution in [0.4, 0.5) is 0 Å². The van der Waals surface area contributed by atoms with Crippen LogP contribution in [0.5, 0.6) is 0 Å². The van der Waals surface area contributed by atoms with Crippen molar-refractivity contribution in [3.05, 3.63) is 35.9 Å². The number of hydrogen-bond acceptors (Lipinski definition) is 6. The van der Waals surface area contributed by atoms with Gasteiger partial charge in [-0.3, -0.25) is 24.7 Å². The monoisotopic (exact) mass is 461 g/mol. The van der Waals surface area contributed by atoms with E-state index in [2.05, 4.69) is 16.0 Å². The molecule has 2 aliphatic heterocycles. The van der Waals surface area contributed by atoms with E-state index in [9.17, 15) is 24.3 Å². The summed E-state index contributed by atoms with van der Waals surface area (Å²) in [6.45, 7) is 4.91. The second kappa shape index (κ2) is 8.81. The van der Waals surface area contributed by atoms with Crippen LogP contribution >= 0.6 is 11.8 Å². The lowest BCUT2D eigenvalue weighted by Gasteiger charge is -2.46. The third-order valence-corrected chi connectivity index (χ3v) is 7.23. The third kappa shape index (κ3) is 4.04. The van der Waals surface area contributed by atoms with Crippen molar-refractivity contribution in [2.45, 2.75) is 55.4 Å². The van der Waals surface area contributed by atoms with E-state index in [1.165, 1.54) is 16.7 Å². The summed E-state index contributed by atoms with van der Waals surface area (Å²) in [5.41, 5.74) is -1.49. The van der Waals surface area contributed by atoms with Gasteiger partial charge in [-0.05, 0) is 19.4 Å². The zero-order valence-electron chi connectivity index (χ0n) is 18.1. The van der Waals surface area contributed by atoms with Crippen molar-refractivity contribution in [3.63, 3.8) is 0 Å². The Labute approximate surface area is 190 Å². The van der Waals surface area contributed by atoms with Crippen LogP contribution in [0.15, 0.2) is 30.3 Å². The number of fused-ring (bicyclic) bond motifs is 1. The maximum absolute atomic E-state index is 13.4. The average molecular weight is 462 g/mol. The van der Waals surface area contributed by atoms with Crippen molar-refractivity contribution >= 4 is 41.3 Å². The van der Waals surface area contributed by atoms with E-state index < -0.39 is 34.2 Å². The molecule has 0 saturated carbocycles. The molecule has 32 heavy (non-hydrogen) atoms. The zero-order chi connectivity index (χ0) is 23.7. The van der Waals surface area contributed by atoms with Crippen molar-refractivity contribution in [2.24, 2.45) is 0 Å². The molecule has 0 bridgehead atoms. The number of carbonyl (C=O) groups is 4. The number of carboxylic acid groups (broad SMARTS) is 1. The normalized spacial score (nSPS) is 24.0. The minimum atomic E-state index is -1.95. The highest BCUT2D eigenvalue weighted by Gasteiger charge is 2.70. The molecule has 2 fully saturated rings. The van der Waals surface area contributed by atoms with Gasteiger partial charge in [-0.15, -0.1) is 11.8 Å². The van der Waals surface area contributed by atoms with Gasteiger partial charge in [-0.2, -0.15) is 0 Å². The molecule has 1 unspecified atom stereocenters.